The quantitative estimate of drug-likeness (QED) is 0.872. The minimum atomic E-state index is 0.131. The van der Waals surface area contributed by atoms with Crippen LogP contribution in [0.2, 0.25) is 5.02 Å². The van der Waals surface area contributed by atoms with Crippen LogP contribution in [0.15, 0.2) is 18.2 Å². The monoisotopic (exact) mass is 294 g/mol. The maximum Gasteiger partial charge on any atom is 0.0642 e. The molecule has 1 N–H and O–H groups in total. The summed E-state index contributed by atoms with van der Waals surface area (Å²) >= 11 is 6.48. The number of hydrogen-bond acceptors (Lipinski definition) is 2. The second kappa shape index (κ2) is 6.36. The molecule has 112 valence electrons. The van der Waals surface area contributed by atoms with E-state index in [0.29, 0.717) is 6.04 Å². The standard InChI is InChI=1S/C17H27ClN2/c1-17(2,3)19-12-13-9-10-16(15(18)11-13)20(4)14-7-5-6-8-14/h9-11,14,19H,5-8,12H2,1-4H3. The normalized spacial score (nSPS) is 16.6. The van der Waals surface area contributed by atoms with Crippen molar-refractivity contribution in [2.24, 2.45) is 0 Å². The third kappa shape index (κ3) is 4.13. The zero-order chi connectivity index (χ0) is 14.8. The number of hydrogen-bond donors (Lipinski definition) is 1. The van der Waals surface area contributed by atoms with E-state index in [1.807, 2.05) is 0 Å². The molecule has 0 spiro atoms. The lowest BCUT2D eigenvalue weighted by molar-refractivity contribution is 0.424. The van der Waals surface area contributed by atoms with Crippen molar-refractivity contribution in [2.75, 3.05) is 11.9 Å². The fourth-order valence-electron chi connectivity index (χ4n) is 2.80. The van der Waals surface area contributed by atoms with Gasteiger partial charge in [-0.15, -0.1) is 0 Å². The molecule has 0 amide bonds. The summed E-state index contributed by atoms with van der Waals surface area (Å²) < 4.78 is 0. The maximum atomic E-state index is 6.48. The molecule has 1 aliphatic carbocycles. The van der Waals surface area contributed by atoms with E-state index in [4.69, 9.17) is 11.6 Å². The highest BCUT2D eigenvalue weighted by Crippen LogP contribution is 2.32. The van der Waals surface area contributed by atoms with E-state index in [-0.39, 0.29) is 5.54 Å². The third-order valence-electron chi connectivity index (χ3n) is 4.09. The molecule has 1 aromatic rings. The van der Waals surface area contributed by atoms with Gasteiger partial charge in [-0.3, -0.25) is 0 Å². The predicted octanol–water partition coefficient (Wildman–Crippen LogP) is 4.61. The fraction of sp³-hybridized carbons (Fsp3) is 0.647. The van der Waals surface area contributed by atoms with E-state index in [9.17, 15) is 0 Å². The first-order chi connectivity index (χ1) is 9.37. The van der Waals surface area contributed by atoms with Crippen LogP contribution in [-0.4, -0.2) is 18.6 Å². The van der Waals surface area contributed by atoms with Crippen molar-refractivity contribution in [3.8, 4) is 0 Å². The molecule has 1 aromatic carbocycles. The number of rotatable bonds is 4. The van der Waals surface area contributed by atoms with Gasteiger partial charge in [0.2, 0.25) is 0 Å². The number of benzene rings is 1. The van der Waals surface area contributed by atoms with Gasteiger partial charge in [0.1, 0.15) is 0 Å². The van der Waals surface area contributed by atoms with Gasteiger partial charge in [-0.25, -0.2) is 0 Å². The van der Waals surface area contributed by atoms with Gasteiger partial charge < -0.3 is 10.2 Å². The van der Waals surface area contributed by atoms with Gasteiger partial charge >= 0.3 is 0 Å². The lowest BCUT2D eigenvalue weighted by Gasteiger charge is -2.28. The molecular weight excluding hydrogens is 268 g/mol. The minimum absolute atomic E-state index is 0.131. The molecule has 2 rings (SSSR count). The molecule has 0 radical (unpaired) electrons. The van der Waals surface area contributed by atoms with Crippen molar-refractivity contribution in [2.45, 2.75) is 64.6 Å². The van der Waals surface area contributed by atoms with Gasteiger partial charge in [0.15, 0.2) is 0 Å². The van der Waals surface area contributed by atoms with E-state index in [1.165, 1.54) is 31.2 Å². The first-order valence-electron chi connectivity index (χ1n) is 7.63. The first-order valence-corrected chi connectivity index (χ1v) is 8.01. The van der Waals surface area contributed by atoms with Crippen LogP contribution in [0.3, 0.4) is 0 Å². The molecule has 2 nitrogen and oxygen atoms in total. The Morgan fingerprint density at radius 1 is 1.25 bits per heavy atom. The van der Waals surface area contributed by atoms with Crippen molar-refractivity contribution in [1.29, 1.82) is 0 Å². The fourth-order valence-corrected chi connectivity index (χ4v) is 3.14. The molecule has 0 unspecified atom stereocenters. The van der Waals surface area contributed by atoms with Crippen LogP contribution in [0.1, 0.15) is 52.0 Å². The largest absolute Gasteiger partial charge is 0.370 e. The summed E-state index contributed by atoms with van der Waals surface area (Å²) in [6.07, 6.45) is 5.28. The van der Waals surface area contributed by atoms with Crippen molar-refractivity contribution in [3.05, 3.63) is 28.8 Å². The lowest BCUT2D eigenvalue weighted by Crippen LogP contribution is -2.35. The van der Waals surface area contributed by atoms with Crippen LogP contribution < -0.4 is 10.2 Å². The average molecular weight is 295 g/mol. The van der Waals surface area contributed by atoms with Crippen LogP contribution in [0.5, 0.6) is 0 Å². The molecule has 20 heavy (non-hydrogen) atoms. The van der Waals surface area contributed by atoms with Gasteiger partial charge in [-0.1, -0.05) is 30.5 Å². The summed E-state index contributed by atoms with van der Waals surface area (Å²) in [6, 6.07) is 7.11. The summed E-state index contributed by atoms with van der Waals surface area (Å²) in [5, 5.41) is 4.37. The molecule has 1 saturated carbocycles. The van der Waals surface area contributed by atoms with Gasteiger partial charge in [0, 0.05) is 25.2 Å². The number of nitrogens with zero attached hydrogens (tertiary/aromatic N) is 1. The van der Waals surface area contributed by atoms with Gasteiger partial charge in [0.05, 0.1) is 10.7 Å². The Labute approximate surface area is 128 Å². The molecule has 3 heteroatoms. The van der Waals surface area contributed by atoms with Crippen molar-refractivity contribution < 1.29 is 0 Å². The second-order valence-electron chi connectivity index (χ2n) is 6.94. The lowest BCUT2D eigenvalue weighted by atomic mass is 10.1. The molecule has 1 fully saturated rings. The molecule has 0 heterocycles. The van der Waals surface area contributed by atoms with Crippen LogP contribution >= 0.6 is 11.6 Å². The highest BCUT2D eigenvalue weighted by Gasteiger charge is 2.21. The smallest absolute Gasteiger partial charge is 0.0642 e. The highest BCUT2D eigenvalue weighted by atomic mass is 35.5. The molecule has 0 atom stereocenters. The topological polar surface area (TPSA) is 15.3 Å². The van der Waals surface area contributed by atoms with E-state index in [1.54, 1.807) is 0 Å². The second-order valence-corrected chi connectivity index (χ2v) is 7.35. The van der Waals surface area contributed by atoms with E-state index in [0.717, 1.165) is 17.3 Å². The highest BCUT2D eigenvalue weighted by molar-refractivity contribution is 6.33. The predicted molar refractivity (Wildman–Crippen MR) is 88.7 cm³/mol. The molecule has 0 aliphatic heterocycles. The zero-order valence-corrected chi connectivity index (χ0v) is 13.9. The maximum absolute atomic E-state index is 6.48. The Kier molecular flexibility index (Phi) is 4.98. The van der Waals surface area contributed by atoms with Crippen molar-refractivity contribution >= 4 is 17.3 Å². The minimum Gasteiger partial charge on any atom is -0.370 e. The number of halogens is 1. The van der Waals surface area contributed by atoms with Crippen molar-refractivity contribution in [3.63, 3.8) is 0 Å². The molecule has 0 bridgehead atoms. The van der Waals surface area contributed by atoms with Crippen LogP contribution in [0.4, 0.5) is 5.69 Å². The molecule has 0 aromatic heterocycles. The van der Waals surface area contributed by atoms with E-state index in [2.05, 4.69) is 56.2 Å². The average Bonchev–Trinajstić information content (AvgIpc) is 2.88. The van der Waals surface area contributed by atoms with Crippen LogP contribution in [0.25, 0.3) is 0 Å². The Morgan fingerprint density at radius 3 is 2.45 bits per heavy atom. The Bertz CT molecular complexity index is 445. The van der Waals surface area contributed by atoms with Gasteiger partial charge in [-0.2, -0.15) is 0 Å². The Hall–Kier alpha value is -0.730. The van der Waals surface area contributed by atoms with Gasteiger partial charge in [0.25, 0.3) is 0 Å². The zero-order valence-electron chi connectivity index (χ0n) is 13.2. The van der Waals surface area contributed by atoms with Crippen LogP contribution in [-0.2, 0) is 6.54 Å². The van der Waals surface area contributed by atoms with Gasteiger partial charge in [-0.05, 0) is 51.3 Å². The van der Waals surface area contributed by atoms with Crippen LogP contribution in [0, 0.1) is 0 Å². The number of anilines is 1. The Morgan fingerprint density at radius 2 is 1.90 bits per heavy atom. The van der Waals surface area contributed by atoms with E-state index >= 15 is 0 Å². The first kappa shape index (κ1) is 15.7. The SMILES string of the molecule is CN(c1ccc(CNC(C)(C)C)cc1Cl)C1CCCC1. The Balaban J connectivity index is 2.05. The van der Waals surface area contributed by atoms with E-state index < -0.39 is 0 Å². The summed E-state index contributed by atoms with van der Waals surface area (Å²) in [5.41, 5.74) is 2.54. The van der Waals surface area contributed by atoms with Crippen molar-refractivity contribution in [1.82, 2.24) is 5.32 Å². The summed E-state index contributed by atoms with van der Waals surface area (Å²) in [7, 11) is 2.17. The molecular formula is C17H27ClN2. The summed E-state index contributed by atoms with van der Waals surface area (Å²) in [6.45, 7) is 7.39. The molecule has 1 aliphatic rings. The summed E-state index contributed by atoms with van der Waals surface area (Å²) in [4.78, 5) is 2.36. The molecule has 0 saturated heterocycles. The third-order valence-corrected chi connectivity index (χ3v) is 4.39. The number of nitrogens with one attached hydrogen (secondary N) is 1. The summed E-state index contributed by atoms with van der Waals surface area (Å²) in [5.74, 6) is 0.